The number of thiazole rings is 1. The number of allylic oxidation sites excluding steroid dienone is 2. The molecule has 0 radical (unpaired) electrons. The van der Waals surface area contributed by atoms with Gasteiger partial charge in [-0.05, 0) is 13.3 Å². The second-order valence-electron chi connectivity index (χ2n) is 3.35. The summed E-state index contributed by atoms with van der Waals surface area (Å²) in [4.78, 5) is 16.4. The minimum Gasteiger partial charge on any atom is -0.383 e. The average molecular weight is 208 g/mol. The van der Waals surface area contributed by atoms with Crippen LogP contribution < -0.4 is 5.32 Å². The molecule has 0 aliphatic heterocycles. The van der Waals surface area contributed by atoms with Gasteiger partial charge in [0.25, 0.3) is 0 Å². The van der Waals surface area contributed by atoms with Crippen molar-refractivity contribution in [2.75, 3.05) is 0 Å². The lowest BCUT2D eigenvalue weighted by Crippen LogP contribution is -2.10. The quantitative estimate of drug-likeness (QED) is 0.823. The normalized spacial score (nSPS) is 15.8. The molecule has 3 nitrogen and oxygen atoms in total. The van der Waals surface area contributed by atoms with Gasteiger partial charge < -0.3 is 5.32 Å². The Hall–Kier alpha value is -1.16. The number of carbonyl (C=O) groups is 1. The van der Waals surface area contributed by atoms with E-state index in [-0.39, 0.29) is 5.78 Å². The Bertz CT molecular complexity index is 381. The first-order valence-corrected chi connectivity index (χ1v) is 5.50. The molecule has 1 heterocycles. The first-order chi connectivity index (χ1) is 6.75. The molecule has 4 heteroatoms. The number of nitrogens with one attached hydrogen (secondary N) is 1. The number of carbonyl (C=O) groups excluding carboxylic acids is 1. The Morgan fingerprint density at radius 3 is 3.00 bits per heavy atom. The highest BCUT2D eigenvalue weighted by atomic mass is 32.1. The highest BCUT2D eigenvalue weighted by Gasteiger charge is 2.11. The van der Waals surface area contributed by atoms with Crippen LogP contribution in [0.15, 0.2) is 17.3 Å². The van der Waals surface area contributed by atoms with Crippen molar-refractivity contribution in [1.29, 1.82) is 0 Å². The third-order valence-electron chi connectivity index (χ3n) is 2.30. The third kappa shape index (κ3) is 2.01. The van der Waals surface area contributed by atoms with Crippen molar-refractivity contribution in [3.8, 4) is 0 Å². The maximum absolute atomic E-state index is 11.0. The molecule has 1 aromatic rings. The highest BCUT2D eigenvalue weighted by molar-refractivity contribution is 7.09. The van der Waals surface area contributed by atoms with E-state index >= 15 is 0 Å². The van der Waals surface area contributed by atoms with Crippen LogP contribution in [-0.4, -0.2) is 10.8 Å². The van der Waals surface area contributed by atoms with Gasteiger partial charge in [0, 0.05) is 23.1 Å². The van der Waals surface area contributed by atoms with Crippen LogP contribution in [0.2, 0.25) is 0 Å². The summed E-state index contributed by atoms with van der Waals surface area (Å²) in [5.74, 6) is 0.230. The lowest BCUT2D eigenvalue weighted by atomic mass is 10.3. The third-order valence-corrected chi connectivity index (χ3v) is 3.23. The molecule has 0 saturated carbocycles. The molecule has 0 bridgehead atoms. The second kappa shape index (κ2) is 3.92. The molecule has 1 N–H and O–H groups in total. The van der Waals surface area contributed by atoms with Crippen LogP contribution in [0.4, 0.5) is 0 Å². The summed E-state index contributed by atoms with van der Waals surface area (Å²) in [6, 6.07) is 0. The molecule has 0 saturated heterocycles. The van der Waals surface area contributed by atoms with Gasteiger partial charge in [0.15, 0.2) is 5.78 Å². The second-order valence-corrected chi connectivity index (χ2v) is 4.29. The fraction of sp³-hybridized carbons (Fsp3) is 0.400. The van der Waals surface area contributed by atoms with Crippen LogP contribution in [0.5, 0.6) is 0 Å². The smallest absolute Gasteiger partial charge is 0.157 e. The summed E-state index contributed by atoms with van der Waals surface area (Å²) < 4.78 is 0. The lowest BCUT2D eigenvalue weighted by Gasteiger charge is -2.04. The maximum Gasteiger partial charge on any atom is 0.157 e. The molecule has 0 atom stereocenters. The van der Waals surface area contributed by atoms with Crippen LogP contribution in [0.1, 0.15) is 23.4 Å². The van der Waals surface area contributed by atoms with Crippen LogP contribution in [0, 0.1) is 6.92 Å². The van der Waals surface area contributed by atoms with Crippen molar-refractivity contribution in [2.45, 2.75) is 26.3 Å². The molecule has 0 fully saturated rings. The number of hydrogen-bond acceptors (Lipinski definition) is 4. The fourth-order valence-corrected chi connectivity index (χ4v) is 2.14. The molecule has 1 aliphatic rings. The SMILES string of the molecule is Cc1ncsc1CNC1=CC(=O)CC1. The number of hydrogen-bond donors (Lipinski definition) is 1. The van der Waals surface area contributed by atoms with Gasteiger partial charge in [-0.15, -0.1) is 11.3 Å². The summed E-state index contributed by atoms with van der Waals surface area (Å²) in [7, 11) is 0. The Labute approximate surface area is 86.9 Å². The van der Waals surface area contributed by atoms with Crippen molar-refractivity contribution >= 4 is 17.1 Å². The molecule has 0 amide bonds. The van der Waals surface area contributed by atoms with Crippen molar-refractivity contribution < 1.29 is 4.79 Å². The van der Waals surface area contributed by atoms with Gasteiger partial charge in [0.05, 0.1) is 17.7 Å². The van der Waals surface area contributed by atoms with Crippen molar-refractivity contribution in [1.82, 2.24) is 10.3 Å². The summed E-state index contributed by atoms with van der Waals surface area (Å²) in [5.41, 5.74) is 3.98. The molecule has 14 heavy (non-hydrogen) atoms. The van der Waals surface area contributed by atoms with Crippen molar-refractivity contribution in [3.05, 3.63) is 27.9 Å². The number of aryl methyl sites for hydroxylation is 1. The standard InChI is InChI=1S/C10H12N2OS/c1-7-10(14-6-12-7)5-11-8-2-3-9(13)4-8/h4,6,11H,2-3,5H2,1H3. The van der Waals surface area contributed by atoms with Gasteiger partial charge in [-0.2, -0.15) is 0 Å². The number of ketones is 1. The van der Waals surface area contributed by atoms with Crippen LogP contribution in [0.3, 0.4) is 0 Å². The average Bonchev–Trinajstić information content (AvgIpc) is 2.72. The molecule has 74 valence electrons. The van der Waals surface area contributed by atoms with Crippen molar-refractivity contribution in [3.63, 3.8) is 0 Å². The molecule has 0 spiro atoms. The first kappa shape index (κ1) is 9.40. The summed E-state index contributed by atoms with van der Waals surface area (Å²) in [5, 5.41) is 3.27. The van der Waals surface area contributed by atoms with E-state index in [1.807, 2.05) is 12.4 Å². The highest BCUT2D eigenvalue weighted by Crippen LogP contribution is 2.15. The Kier molecular flexibility index (Phi) is 2.63. The van der Waals surface area contributed by atoms with Gasteiger partial charge in [-0.3, -0.25) is 4.79 Å². The molecular weight excluding hydrogens is 196 g/mol. The van der Waals surface area contributed by atoms with Crippen LogP contribution in [-0.2, 0) is 11.3 Å². The zero-order chi connectivity index (χ0) is 9.97. The predicted octanol–water partition coefficient (Wildman–Crippen LogP) is 1.79. The number of rotatable bonds is 3. The molecule has 0 unspecified atom stereocenters. The summed E-state index contributed by atoms with van der Waals surface area (Å²) in [6.07, 6.45) is 3.22. The zero-order valence-electron chi connectivity index (χ0n) is 8.04. The van der Waals surface area contributed by atoms with E-state index in [1.165, 1.54) is 4.88 Å². The van der Waals surface area contributed by atoms with Crippen molar-refractivity contribution in [2.24, 2.45) is 0 Å². The van der Waals surface area contributed by atoms with E-state index in [1.54, 1.807) is 17.4 Å². The van der Waals surface area contributed by atoms with E-state index in [0.29, 0.717) is 6.42 Å². The largest absolute Gasteiger partial charge is 0.383 e. The number of aromatic nitrogens is 1. The Morgan fingerprint density at radius 1 is 1.57 bits per heavy atom. The molecule has 2 rings (SSSR count). The molecule has 1 aliphatic carbocycles. The van der Waals surface area contributed by atoms with E-state index in [2.05, 4.69) is 10.3 Å². The molecule has 0 aromatic carbocycles. The summed E-state index contributed by atoms with van der Waals surface area (Å²) >= 11 is 1.65. The first-order valence-electron chi connectivity index (χ1n) is 4.62. The topological polar surface area (TPSA) is 42.0 Å². The zero-order valence-corrected chi connectivity index (χ0v) is 8.86. The summed E-state index contributed by atoms with van der Waals surface area (Å²) in [6.45, 7) is 2.79. The maximum atomic E-state index is 11.0. The van der Waals surface area contributed by atoms with Gasteiger partial charge in [0.2, 0.25) is 0 Å². The number of nitrogens with zero attached hydrogens (tertiary/aromatic N) is 1. The van der Waals surface area contributed by atoms with Gasteiger partial charge in [-0.25, -0.2) is 4.98 Å². The minimum atomic E-state index is 0.230. The Balaban J connectivity index is 1.92. The minimum absolute atomic E-state index is 0.230. The lowest BCUT2D eigenvalue weighted by molar-refractivity contribution is -0.114. The van der Waals surface area contributed by atoms with Gasteiger partial charge >= 0.3 is 0 Å². The Morgan fingerprint density at radius 2 is 2.43 bits per heavy atom. The monoisotopic (exact) mass is 208 g/mol. The van der Waals surface area contributed by atoms with Gasteiger partial charge in [-0.1, -0.05) is 0 Å². The molecule has 1 aromatic heterocycles. The van der Waals surface area contributed by atoms with Crippen LogP contribution >= 0.6 is 11.3 Å². The van der Waals surface area contributed by atoms with E-state index < -0.39 is 0 Å². The van der Waals surface area contributed by atoms with E-state index in [9.17, 15) is 4.79 Å². The van der Waals surface area contributed by atoms with Crippen LogP contribution in [0.25, 0.3) is 0 Å². The van der Waals surface area contributed by atoms with Gasteiger partial charge in [0.1, 0.15) is 0 Å². The molecular formula is C10H12N2OS. The predicted molar refractivity (Wildman–Crippen MR) is 56.0 cm³/mol. The van der Waals surface area contributed by atoms with E-state index in [0.717, 1.165) is 24.4 Å². The fourth-order valence-electron chi connectivity index (χ4n) is 1.43. The van der Waals surface area contributed by atoms with E-state index in [4.69, 9.17) is 0 Å².